The summed E-state index contributed by atoms with van der Waals surface area (Å²) in [6.07, 6.45) is 1.96. The van der Waals surface area contributed by atoms with Gasteiger partial charge >= 0.3 is 11.9 Å². The van der Waals surface area contributed by atoms with E-state index in [-0.39, 0.29) is 60.3 Å². The van der Waals surface area contributed by atoms with Crippen molar-refractivity contribution in [2.75, 3.05) is 51.8 Å². The molecule has 4 heterocycles. The van der Waals surface area contributed by atoms with E-state index in [9.17, 15) is 32.3 Å². The number of imidazole rings is 1. The molecule has 4 aliphatic rings. The molecule has 1 spiro atoms. The second-order valence-electron chi connectivity index (χ2n) is 20.9. The highest BCUT2D eigenvalue weighted by atomic mass is 19.4. The molecule has 3 amide bonds. The Kier molecular flexibility index (Phi) is 13.5. The van der Waals surface area contributed by atoms with Crippen LogP contribution in [0.2, 0.25) is 0 Å². The van der Waals surface area contributed by atoms with Crippen LogP contribution in [0.5, 0.6) is 11.5 Å². The number of ether oxygens (including phenoxy) is 3. The van der Waals surface area contributed by atoms with Crippen molar-refractivity contribution in [3.05, 3.63) is 88.3 Å². The first-order valence-corrected chi connectivity index (χ1v) is 23.6. The molecule has 0 bridgehead atoms. The highest BCUT2D eigenvalue weighted by Crippen LogP contribution is 2.51. The molecule has 0 radical (unpaired) electrons. The smallest absolute Gasteiger partial charge is 0.395 e. The van der Waals surface area contributed by atoms with Gasteiger partial charge in [-0.1, -0.05) is 30.3 Å². The number of fused-ring (bicyclic) bond motifs is 1. The normalized spacial score (nSPS) is 22.4. The van der Waals surface area contributed by atoms with Crippen molar-refractivity contribution in [3.63, 3.8) is 0 Å². The average Bonchev–Trinajstić information content (AvgIpc) is 3.51. The summed E-state index contributed by atoms with van der Waals surface area (Å²) in [7, 11) is 3.24. The average molecular weight is 931 g/mol. The first-order valence-electron chi connectivity index (χ1n) is 23.6. The minimum atomic E-state index is -4.36. The first kappa shape index (κ1) is 48.3. The van der Waals surface area contributed by atoms with Crippen LogP contribution in [-0.4, -0.2) is 101 Å². The lowest BCUT2D eigenvalue weighted by molar-refractivity contribution is -0.217. The highest BCUT2D eigenvalue weighted by Gasteiger charge is 2.49. The van der Waals surface area contributed by atoms with Gasteiger partial charge in [-0.05, 0) is 152 Å². The topological polar surface area (TPSA) is 136 Å². The van der Waals surface area contributed by atoms with E-state index >= 15 is 0 Å². The summed E-state index contributed by atoms with van der Waals surface area (Å²) in [4.78, 5) is 55.2. The minimum absolute atomic E-state index is 0.0577. The maximum Gasteiger partial charge on any atom is 0.395 e. The van der Waals surface area contributed by atoms with Gasteiger partial charge in [0.05, 0.1) is 47.5 Å². The molecule has 16 heteroatoms. The monoisotopic (exact) mass is 930 g/mol. The molecule has 3 aliphatic heterocycles. The summed E-state index contributed by atoms with van der Waals surface area (Å²) >= 11 is 0. The van der Waals surface area contributed by atoms with Gasteiger partial charge in [-0.15, -0.1) is 0 Å². The number of nitrogens with one attached hydrogen (secondary N) is 2. The number of nitrogens with zero attached hydrogens (tertiary/aromatic N) is 4. The lowest BCUT2D eigenvalue weighted by Gasteiger charge is -2.51. The number of aryl methyl sites for hydroxylation is 1. The number of hydrogen-bond donors (Lipinski definition) is 2. The zero-order valence-corrected chi connectivity index (χ0v) is 39.6. The van der Waals surface area contributed by atoms with E-state index in [0.717, 1.165) is 74.2 Å². The largest absolute Gasteiger partial charge is 0.497 e. The van der Waals surface area contributed by atoms with Crippen LogP contribution in [0.3, 0.4) is 0 Å². The lowest BCUT2D eigenvalue weighted by atomic mass is 9.61. The van der Waals surface area contributed by atoms with Gasteiger partial charge in [0.2, 0.25) is 17.7 Å². The number of aromatic nitrogens is 2. The quantitative estimate of drug-likeness (QED) is 0.114. The fraction of sp³-hybridized carbons (Fsp3) is 0.569. The van der Waals surface area contributed by atoms with E-state index in [1.54, 1.807) is 32.4 Å². The molecule has 1 aliphatic carbocycles. The van der Waals surface area contributed by atoms with Crippen molar-refractivity contribution >= 4 is 34.4 Å². The summed E-state index contributed by atoms with van der Waals surface area (Å²) < 4.78 is 63.8. The Morgan fingerprint density at radius 1 is 0.955 bits per heavy atom. The molecule has 4 aromatic rings. The summed E-state index contributed by atoms with van der Waals surface area (Å²) in [6.45, 7) is 9.73. The maximum atomic E-state index is 14.3. The van der Waals surface area contributed by atoms with Crippen LogP contribution in [0.4, 0.5) is 18.9 Å². The number of amides is 3. The number of benzene rings is 3. The number of halogens is 3. The summed E-state index contributed by atoms with van der Waals surface area (Å²) in [5.74, 6) is 0.423. The molecule has 2 atom stereocenters. The maximum absolute atomic E-state index is 14.3. The van der Waals surface area contributed by atoms with Gasteiger partial charge in [-0.2, -0.15) is 13.2 Å². The van der Waals surface area contributed by atoms with Crippen LogP contribution in [-0.2, 0) is 38.1 Å². The highest BCUT2D eigenvalue weighted by molar-refractivity contribution is 6.02. The third kappa shape index (κ3) is 10.5. The van der Waals surface area contributed by atoms with Gasteiger partial charge in [0.25, 0.3) is 0 Å². The third-order valence-corrected chi connectivity index (χ3v) is 15.0. The number of methoxy groups -OCH3 is 1. The van der Waals surface area contributed by atoms with Crippen LogP contribution in [0, 0.1) is 10.8 Å². The van der Waals surface area contributed by atoms with Crippen molar-refractivity contribution in [1.82, 2.24) is 24.3 Å². The van der Waals surface area contributed by atoms with E-state index in [0.29, 0.717) is 42.8 Å². The lowest BCUT2D eigenvalue weighted by Crippen LogP contribution is -2.51. The Morgan fingerprint density at radius 3 is 2.28 bits per heavy atom. The molecule has 3 saturated heterocycles. The Hall–Kier alpha value is -5.19. The predicted molar refractivity (Wildman–Crippen MR) is 249 cm³/mol. The van der Waals surface area contributed by atoms with Crippen LogP contribution in [0.15, 0.2) is 71.5 Å². The Bertz CT molecular complexity index is 2500. The molecule has 1 saturated carbocycles. The van der Waals surface area contributed by atoms with Gasteiger partial charge in [0.15, 0.2) is 0 Å². The van der Waals surface area contributed by atoms with Crippen molar-refractivity contribution < 1.29 is 41.8 Å². The minimum Gasteiger partial charge on any atom is -0.497 e. The number of alkyl halides is 3. The third-order valence-electron chi connectivity index (χ3n) is 15.0. The molecule has 3 aromatic carbocycles. The molecular formula is C51H65F3N6O7. The SMILES string of the molecule is COc1ccc([C@]2(CCN(Cc3ccc(OC4CC5(CCN(CC(=O)Nc6cccc7c6n(C)c(=O)n7C6CCC(=O)NC6=O)CC5)C4)cc3)CC(C)(C)C(F)(F)F)CCOC(C)(C)C2)cc1. The number of piperidine rings is 2. The van der Waals surface area contributed by atoms with E-state index in [2.05, 4.69) is 41.5 Å². The van der Waals surface area contributed by atoms with E-state index in [4.69, 9.17) is 14.2 Å². The fourth-order valence-corrected chi connectivity index (χ4v) is 11.1. The summed E-state index contributed by atoms with van der Waals surface area (Å²) in [6, 6.07) is 20.3. The molecular weight excluding hydrogens is 866 g/mol. The van der Waals surface area contributed by atoms with Crippen LogP contribution in [0.1, 0.15) is 103 Å². The van der Waals surface area contributed by atoms with Gasteiger partial charge in [0, 0.05) is 38.6 Å². The van der Waals surface area contributed by atoms with Crippen LogP contribution in [0.25, 0.3) is 11.0 Å². The van der Waals surface area contributed by atoms with Crippen molar-refractivity contribution in [2.45, 2.75) is 121 Å². The van der Waals surface area contributed by atoms with E-state index in [1.165, 1.54) is 23.0 Å². The molecule has 1 aromatic heterocycles. The van der Waals surface area contributed by atoms with E-state index in [1.807, 2.05) is 41.3 Å². The van der Waals surface area contributed by atoms with Gasteiger partial charge < -0.3 is 19.5 Å². The zero-order valence-electron chi connectivity index (χ0n) is 39.6. The zero-order chi connectivity index (χ0) is 47.9. The standard InChI is InChI=1S/C51H65F3N6O7/c1-47(2,51(52,53)54)33-59(26-22-50(23-27-66-48(3,4)32-50)35-12-16-36(65-6)17-13-35)30-34-10-14-37(15-11-34)67-38-28-49(29-38)20-24-58(25-21-49)31-43(62)55-39-8-7-9-40-44(39)57(5)46(64)60(40)41-18-19-42(61)56-45(41)63/h7-17,38,41H,18-33H2,1-6H3,(H,55,62)(H,56,61,63)/t41?,50-/m1/s1. The number of carbonyl (C=O) groups excluding carboxylic acids is 3. The molecule has 2 N–H and O–H groups in total. The van der Waals surface area contributed by atoms with Crippen molar-refractivity contribution in [2.24, 2.45) is 17.9 Å². The number of hydrogen-bond acceptors (Lipinski definition) is 9. The number of imide groups is 1. The molecule has 67 heavy (non-hydrogen) atoms. The molecule has 8 rings (SSSR count). The number of likely N-dealkylation sites (tertiary alicyclic amines) is 1. The Labute approximate surface area is 390 Å². The predicted octanol–water partition coefficient (Wildman–Crippen LogP) is 7.90. The Balaban J connectivity index is 0.843. The van der Waals surface area contributed by atoms with Gasteiger partial charge in [-0.25, -0.2) is 4.79 Å². The Morgan fingerprint density at radius 2 is 1.64 bits per heavy atom. The van der Waals surface area contributed by atoms with Crippen LogP contribution < -0.4 is 25.8 Å². The van der Waals surface area contributed by atoms with E-state index < -0.39 is 29.2 Å². The summed E-state index contributed by atoms with van der Waals surface area (Å²) in [5.41, 5.74) is 0.759. The molecule has 362 valence electrons. The second-order valence-corrected chi connectivity index (χ2v) is 20.9. The van der Waals surface area contributed by atoms with Crippen LogP contribution >= 0.6 is 0 Å². The number of rotatable bonds is 15. The molecule has 4 fully saturated rings. The number of anilines is 1. The van der Waals surface area contributed by atoms with Crippen molar-refractivity contribution in [3.8, 4) is 11.5 Å². The van der Waals surface area contributed by atoms with Gasteiger partial charge in [0.1, 0.15) is 17.5 Å². The van der Waals surface area contributed by atoms with Gasteiger partial charge in [-0.3, -0.25) is 38.6 Å². The molecule has 13 nitrogen and oxygen atoms in total. The van der Waals surface area contributed by atoms with Crippen molar-refractivity contribution in [1.29, 1.82) is 0 Å². The number of para-hydroxylation sites is 1. The molecule has 1 unspecified atom stereocenters. The first-order chi connectivity index (χ1) is 31.7. The summed E-state index contributed by atoms with van der Waals surface area (Å²) in [5, 5.41) is 5.32. The fourth-order valence-electron chi connectivity index (χ4n) is 11.1. The number of carbonyl (C=O) groups is 3. The second kappa shape index (κ2) is 18.7.